The van der Waals surface area contributed by atoms with Gasteiger partial charge in [-0.3, -0.25) is 0 Å². The summed E-state index contributed by atoms with van der Waals surface area (Å²) in [6.07, 6.45) is 0. The molecule has 4 heteroatoms. The van der Waals surface area contributed by atoms with Crippen LogP contribution in [0.15, 0.2) is 277 Å². The molecule has 11 aromatic carbocycles. The molecule has 0 atom stereocenters. The summed E-state index contributed by atoms with van der Waals surface area (Å²) >= 11 is 0. The molecule has 0 bridgehead atoms. The van der Waals surface area contributed by atoms with Gasteiger partial charge >= 0.3 is 0 Å². The van der Waals surface area contributed by atoms with Crippen LogP contribution in [0, 0.1) is 0 Å². The smallest absolute Gasteiger partial charge is 0.135 e. The molecule has 2 aromatic heterocycles. The molecule has 0 unspecified atom stereocenters. The van der Waals surface area contributed by atoms with Crippen LogP contribution in [0.2, 0.25) is 0 Å². The van der Waals surface area contributed by atoms with E-state index in [1.54, 1.807) is 0 Å². The molecule has 0 spiro atoms. The van der Waals surface area contributed by atoms with Gasteiger partial charge in [0.15, 0.2) is 0 Å². The van der Waals surface area contributed by atoms with Gasteiger partial charge in [-0.2, -0.15) is 0 Å². The van der Waals surface area contributed by atoms with Crippen LogP contribution in [0.25, 0.3) is 82.8 Å². The Labute approximate surface area is 406 Å². The molecule has 4 nitrogen and oxygen atoms in total. The number of anilines is 6. The number of hydrogen-bond donors (Lipinski definition) is 0. The van der Waals surface area contributed by atoms with E-state index in [2.05, 4.69) is 275 Å². The van der Waals surface area contributed by atoms with E-state index in [-0.39, 0.29) is 0 Å². The lowest BCUT2D eigenvalue weighted by atomic mass is 9.96. The van der Waals surface area contributed by atoms with Gasteiger partial charge < -0.3 is 18.8 Å². The summed E-state index contributed by atoms with van der Waals surface area (Å²) in [5.41, 5.74) is 18.2. The highest BCUT2D eigenvalue weighted by atomic mass is 16.3. The number of hydrogen-bond acceptors (Lipinski definition) is 3. The van der Waals surface area contributed by atoms with E-state index in [1.807, 2.05) is 12.1 Å². The van der Waals surface area contributed by atoms with Crippen molar-refractivity contribution in [3.8, 4) is 39.1 Å². The number of aromatic nitrogens is 1. The molecule has 13 aromatic rings. The minimum absolute atomic E-state index is 0.868. The van der Waals surface area contributed by atoms with Crippen molar-refractivity contribution in [3.63, 3.8) is 0 Å². The van der Waals surface area contributed by atoms with Crippen molar-refractivity contribution >= 4 is 77.9 Å². The normalized spacial score (nSPS) is 11.4. The second kappa shape index (κ2) is 17.4. The Morgan fingerprint density at radius 1 is 0.243 bits per heavy atom. The van der Waals surface area contributed by atoms with E-state index >= 15 is 0 Å². The van der Waals surface area contributed by atoms with Gasteiger partial charge in [-0.15, -0.1) is 0 Å². The first kappa shape index (κ1) is 40.9. The summed E-state index contributed by atoms with van der Waals surface area (Å²) < 4.78 is 8.75. The number of nitrogens with zero attached hydrogens (tertiary/aromatic N) is 3. The van der Waals surface area contributed by atoms with E-state index < -0.39 is 0 Å². The van der Waals surface area contributed by atoms with Crippen LogP contribution >= 0.6 is 0 Å². The summed E-state index contributed by atoms with van der Waals surface area (Å²) in [6.45, 7) is 0. The molecule has 0 saturated carbocycles. The molecule has 0 aliphatic heterocycles. The van der Waals surface area contributed by atoms with Crippen LogP contribution in [0.3, 0.4) is 0 Å². The summed E-state index contributed by atoms with van der Waals surface area (Å²) in [6, 6.07) is 98.2. The van der Waals surface area contributed by atoms with Crippen molar-refractivity contribution in [2.24, 2.45) is 0 Å². The summed E-state index contributed by atoms with van der Waals surface area (Å²) in [5.74, 6) is 0. The predicted molar refractivity (Wildman–Crippen MR) is 294 cm³/mol. The Kier molecular flexibility index (Phi) is 10.1. The van der Waals surface area contributed by atoms with Crippen LogP contribution in [-0.2, 0) is 0 Å². The zero-order valence-corrected chi connectivity index (χ0v) is 38.2. The third kappa shape index (κ3) is 7.36. The van der Waals surface area contributed by atoms with E-state index in [0.29, 0.717) is 0 Å². The van der Waals surface area contributed by atoms with Crippen molar-refractivity contribution < 1.29 is 4.42 Å². The number of fused-ring (bicyclic) bond motifs is 6. The van der Waals surface area contributed by atoms with Gasteiger partial charge in [-0.1, -0.05) is 158 Å². The van der Waals surface area contributed by atoms with Crippen LogP contribution in [-0.4, -0.2) is 4.57 Å². The minimum atomic E-state index is 0.868. The fraction of sp³-hybridized carbons (Fsp3) is 0. The number of rotatable bonds is 10. The Morgan fingerprint density at radius 2 is 0.714 bits per heavy atom. The van der Waals surface area contributed by atoms with Gasteiger partial charge in [0.1, 0.15) is 11.2 Å². The number of benzene rings is 11. The molecule has 2 heterocycles. The largest absolute Gasteiger partial charge is 0.456 e. The predicted octanol–water partition coefficient (Wildman–Crippen LogP) is 18.6. The topological polar surface area (TPSA) is 24.6 Å². The quantitative estimate of drug-likeness (QED) is 0.137. The van der Waals surface area contributed by atoms with Gasteiger partial charge in [-0.05, 0) is 149 Å². The van der Waals surface area contributed by atoms with Gasteiger partial charge in [0, 0.05) is 61.4 Å². The lowest BCUT2D eigenvalue weighted by Crippen LogP contribution is -2.14. The summed E-state index contributed by atoms with van der Waals surface area (Å²) in [5, 5.41) is 4.55. The van der Waals surface area contributed by atoms with Crippen LogP contribution in [0.1, 0.15) is 0 Å². The molecule has 330 valence electrons. The second-order valence-corrected chi connectivity index (χ2v) is 17.8. The molecule has 0 fully saturated rings. The molecule has 0 radical (unpaired) electrons. The fourth-order valence-electron chi connectivity index (χ4n) is 10.3. The zero-order chi connectivity index (χ0) is 46.4. The highest BCUT2D eigenvalue weighted by Gasteiger charge is 2.23. The maximum Gasteiger partial charge on any atom is 0.135 e. The Bertz CT molecular complexity index is 3900. The first-order valence-electron chi connectivity index (χ1n) is 23.8. The molecular formula is C66H45N3O. The molecule has 0 N–H and O–H groups in total. The number of para-hydroxylation sites is 5. The van der Waals surface area contributed by atoms with Crippen molar-refractivity contribution in [2.75, 3.05) is 9.80 Å². The molecule has 13 rings (SSSR count). The third-order valence-corrected chi connectivity index (χ3v) is 13.5. The highest BCUT2D eigenvalue weighted by molar-refractivity contribution is 6.11. The molecule has 0 saturated heterocycles. The standard InChI is InChI=1S/C66H45N3O/c1-6-20-46(21-7-1)49-38-50(47-22-8-2-9-23-47)40-56(39-49)68(55-35-36-64-61(45-55)59-30-16-18-32-63(59)69(64)54-28-14-5-15-29-54)58-42-51(48-34-37-66-62(43-48)60-31-17-19-33-65(60)70-66)41-57(44-58)67(52-24-10-3-11-25-52)53-26-12-4-13-27-53/h1-45H. The molecule has 0 aliphatic carbocycles. The van der Waals surface area contributed by atoms with Gasteiger partial charge in [0.2, 0.25) is 0 Å². The van der Waals surface area contributed by atoms with Crippen LogP contribution in [0.5, 0.6) is 0 Å². The summed E-state index contributed by atoms with van der Waals surface area (Å²) in [4.78, 5) is 4.82. The number of furan rings is 1. The SMILES string of the molecule is c1ccc(-c2cc(-c3ccccc3)cc(N(c3cc(-c4ccc5oc6ccccc6c5c4)cc(N(c4ccccc4)c4ccccc4)c3)c3ccc4c(c3)c3ccccc3n4-c3ccccc3)c2)cc1. The molecular weight excluding hydrogens is 851 g/mol. The van der Waals surface area contributed by atoms with E-state index in [0.717, 1.165) is 106 Å². The lowest BCUT2D eigenvalue weighted by Gasteiger charge is -2.31. The highest BCUT2D eigenvalue weighted by Crippen LogP contribution is 2.47. The molecule has 0 aliphatic rings. The van der Waals surface area contributed by atoms with E-state index in [9.17, 15) is 0 Å². The maximum absolute atomic E-state index is 6.37. The first-order chi connectivity index (χ1) is 34.7. The average Bonchev–Trinajstić information content (AvgIpc) is 3.97. The van der Waals surface area contributed by atoms with E-state index in [4.69, 9.17) is 4.42 Å². The van der Waals surface area contributed by atoms with Gasteiger partial charge in [0.05, 0.1) is 11.0 Å². The Morgan fingerprint density at radius 3 is 1.34 bits per heavy atom. The monoisotopic (exact) mass is 895 g/mol. The van der Waals surface area contributed by atoms with Crippen molar-refractivity contribution in [3.05, 3.63) is 273 Å². The lowest BCUT2D eigenvalue weighted by molar-refractivity contribution is 0.669. The third-order valence-electron chi connectivity index (χ3n) is 13.5. The van der Waals surface area contributed by atoms with Crippen molar-refractivity contribution in [2.45, 2.75) is 0 Å². The molecule has 0 amide bonds. The maximum atomic E-state index is 6.37. The fourth-order valence-corrected chi connectivity index (χ4v) is 10.3. The van der Waals surface area contributed by atoms with Crippen LogP contribution in [0.4, 0.5) is 34.1 Å². The van der Waals surface area contributed by atoms with Gasteiger partial charge in [-0.25, -0.2) is 0 Å². The zero-order valence-electron chi connectivity index (χ0n) is 38.2. The van der Waals surface area contributed by atoms with Crippen LogP contribution < -0.4 is 9.80 Å². The Balaban J connectivity index is 1.12. The van der Waals surface area contributed by atoms with Crippen molar-refractivity contribution in [1.29, 1.82) is 0 Å². The first-order valence-corrected chi connectivity index (χ1v) is 23.8. The average molecular weight is 896 g/mol. The second-order valence-electron chi connectivity index (χ2n) is 17.8. The van der Waals surface area contributed by atoms with Gasteiger partial charge in [0.25, 0.3) is 0 Å². The Hall–Kier alpha value is -9.38. The summed E-state index contributed by atoms with van der Waals surface area (Å²) in [7, 11) is 0. The van der Waals surface area contributed by atoms with E-state index in [1.165, 1.54) is 10.8 Å². The van der Waals surface area contributed by atoms with Crippen molar-refractivity contribution in [1.82, 2.24) is 4.57 Å². The molecule has 70 heavy (non-hydrogen) atoms. The minimum Gasteiger partial charge on any atom is -0.456 e.